The first-order valence-corrected chi connectivity index (χ1v) is 6.77. The van der Waals surface area contributed by atoms with Crippen LogP contribution in [0.4, 0.5) is 13.2 Å². The molecule has 1 nitrogen and oxygen atoms in total. The molecule has 0 bridgehead atoms. The number of benzene rings is 1. The molecular formula is C10H4BrF3OS2. The molecule has 0 saturated heterocycles. The number of thioether (sulfide) groups is 1. The van der Waals surface area contributed by atoms with Gasteiger partial charge in [-0.25, -0.2) is 0 Å². The summed E-state index contributed by atoms with van der Waals surface area (Å²) in [6.07, 6.45) is 0.463. The number of fused-ring (bicyclic) bond motifs is 1. The Hall–Kier alpha value is -0.530. The van der Waals surface area contributed by atoms with E-state index < -0.39 is 5.51 Å². The van der Waals surface area contributed by atoms with Gasteiger partial charge in [0.05, 0.1) is 9.58 Å². The van der Waals surface area contributed by atoms with Crippen LogP contribution >= 0.6 is 39.0 Å². The highest BCUT2D eigenvalue weighted by Gasteiger charge is 2.32. The zero-order valence-electron chi connectivity index (χ0n) is 8.05. The minimum atomic E-state index is -4.39. The summed E-state index contributed by atoms with van der Waals surface area (Å²) < 4.78 is 38.6. The van der Waals surface area contributed by atoms with E-state index in [2.05, 4.69) is 15.9 Å². The van der Waals surface area contributed by atoms with Crippen molar-refractivity contribution >= 4 is 55.4 Å². The molecule has 0 unspecified atom stereocenters. The van der Waals surface area contributed by atoms with Crippen LogP contribution in [-0.2, 0) is 0 Å². The van der Waals surface area contributed by atoms with Gasteiger partial charge < -0.3 is 0 Å². The molecule has 1 aromatic carbocycles. The van der Waals surface area contributed by atoms with E-state index in [1.165, 1.54) is 0 Å². The summed E-state index contributed by atoms with van der Waals surface area (Å²) in [6.45, 7) is 0. The van der Waals surface area contributed by atoms with E-state index in [0.29, 0.717) is 20.8 Å². The fourth-order valence-corrected chi connectivity index (χ4v) is 3.88. The highest BCUT2D eigenvalue weighted by Crippen LogP contribution is 2.46. The predicted octanol–water partition coefficient (Wildman–Crippen LogP) is 5.09. The molecule has 0 N–H and O–H groups in total. The minimum absolute atomic E-state index is 0.0196. The van der Waals surface area contributed by atoms with Crippen LogP contribution in [-0.4, -0.2) is 11.8 Å². The molecule has 0 fully saturated rings. The Morgan fingerprint density at radius 1 is 1.35 bits per heavy atom. The Kier molecular flexibility index (Phi) is 3.51. The Bertz CT molecular complexity index is 577. The van der Waals surface area contributed by atoms with Crippen molar-refractivity contribution in [3.63, 3.8) is 0 Å². The van der Waals surface area contributed by atoms with Crippen LogP contribution < -0.4 is 0 Å². The smallest absolute Gasteiger partial charge is 0.297 e. The molecule has 2 rings (SSSR count). The van der Waals surface area contributed by atoms with Crippen LogP contribution in [0.15, 0.2) is 27.6 Å². The summed E-state index contributed by atoms with van der Waals surface area (Å²) in [5, 5.41) is 0.453. The Balaban J connectivity index is 2.67. The van der Waals surface area contributed by atoms with Gasteiger partial charge >= 0.3 is 5.51 Å². The molecule has 0 spiro atoms. The molecule has 0 aliphatic heterocycles. The van der Waals surface area contributed by atoms with Gasteiger partial charge in [-0.3, -0.25) is 4.79 Å². The van der Waals surface area contributed by atoms with Gasteiger partial charge in [0.15, 0.2) is 6.29 Å². The van der Waals surface area contributed by atoms with Gasteiger partial charge in [0.1, 0.15) is 0 Å². The summed E-state index contributed by atoms with van der Waals surface area (Å²) >= 11 is 4.07. The highest BCUT2D eigenvalue weighted by molar-refractivity contribution is 9.10. The van der Waals surface area contributed by atoms with Crippen LogP contribution in [0.2, 0.25) is 0 Å². The molecule has 17 heavy (non-hydrogen) atoms. The fraction of sp³-hybridized carbons (Fsp3) is 0.100. The van der Waals surface area contributed by atoms with E-state index in [1.54, 1.807) is 18.2 Å². The van der Waals surface area contributed by atoms with Crippen LogP contribution in [0.25, 0.3) is 10.1 Å². The molecule has 0 radical (unpaired) electrons. The predicted molar refractivity (Wildman–Crippen MR) is 66.8 cm³/mol. The van der Waals surface area contributed by atoms with Crippen LogP contribution in [0.1, 0.15) is 9.67 Å². The minimum Gasteiger partial charge on any atom is -0.297 e. The first-order valence-electron chi connectivity index (χ1n) is 4.34. The zero-order valence-corrected chi connectivity index (χ0v) is 11.3. The summed E-state index contributed by atoms with van der Waals surface area (Å²) in [4.78, 5) is 10.9. The maximum atomic E-state index is 12.4. The lowest BCUT2D eigenvalue weighted by Crippen LogP contribution is -1.99. The Morgan fingerprint density at radius 2 is 2.06 bits per heavy atom. The normalized spacial score (nSPS) is 12.0. The van der Waals surface area contributed by atoms with Crippen molar-refractivity contribution in [1.29, 1.82) is 0 Å². The summed E-state index contributed by atoms with van der Waals surface area (Å²) in [5.74, 6) is 0. The molecular weight excluding hydrogens is 337 g/mol. The maximum absolute atomic E-state index is 12.4. The number of thiophene rings is 1. The van der Waals surface area contributed by atoms with E-state index in [-0.39, 0.29) is 21.5 Å². The molecule has 1 aromatic heterocycles. The Morgan fingerprint density at radius 3 is 2.65 bits per heavy atom. The lowest BCUT2D eigenvalue weighted by molar-refractivity contribution is -0.0327. The van der Waals surface area contributed by atoms with Gasteiger partial charge in [-0.2, -0.15) is 13.2 Å². The second kappa shape index (κ2) is 4.62. The lowest BCUT2D eigenvalue weighted by Gasteiger charge is -2.05. The SMILES string of the molecule is O=Cc1sc2c(Br)cccc2c1SC(F)(F)F. The third-order valence-electron chi connectivity index (χ3n) is 1.97. The molecule has 7 heteroatoms. The summed E-state index contributed by atoms with van der Waals surface area (Å²) in [7, 11) is 0. The lowest BCUT2D eigenvalue weighted by atomic mass is 10.2. The number of hydrogen-bond donors (Lipinski definition) is 0. The number of alkyl halides is 3. The second-order valence-corrected chi connectivity index (χ2v) is 6.06. The molecule has 1 heterocycles. The van der Waals surface area contributed by atoms with Crippen LogP contribution in [0.3, 0.4) is 0 Å². The molecule has 0 atom stereocenters. The third-order valence-corrected chi connectivity index (χ3v) is 5.06. The van der Waals surface area contributed by atoms with Crippen LogP contribution in [0.5, 0.6) is 0 Å². The van der Waals surface area contributed by atoms with Crippen LogP contribution in [0, 0.1) is 0 Å². The monoisotopic (exact) mass is 340 g/mol. The van der Waals surface area contributed by atoms with Gasteiger partial charge in [0, 0.05) is 14.8 Å². The molecule has 2 aromatic rings. The topological polar surface area (TPSA) is 17.1 Å². The fourth-order valence-electron chi connectivity index (χ4n) is 1.38. The van der Waals surface area contributed by atoms with Gasteiger partial charge in [0.2, 0.25) is 0 Å². The molecule has 90 valence electrons. The Labute approximate surface area is 111 Å². The second-order valence-electron chi connectivity index (χ2n) is 3.08. The van der Waals surface area contributed by atoms with E-state index in [1.807, 2.05) is 0 Å². The summed E-state index contributed by atoms with van der Waals surface area (Å²) in [5.41, 5.74) is -4.39. The number of carbonyl (C=O) groups excluding carboxylic acids is 1. The molecule has 0 saturated carbocycles. The summed E-state index contributed by atoms with van der Waals surface area (Å²) in [6, 6.07) is 4.96. The number of hydrogen-bond acceptors (Lipinski definition) is 3. The first kappa shape index (κ1) is 12.9. The quantitative estimate of drug-likeness (QED) is 0.559. The number of halogens is 4. The molecule has 0 aliphatic carbocycles. The van der Waals surface area contributed by atoms with Crippen molar-refractivity contribution in [1.82, 2.24) is 0 Å². The van der Waals surface area contributed by atoms with Gasteiger partial charge in [0.25, 0.3) is 0 Å². The van der Waals surface area contributed by atoms with Crippen molar-refractivity contribution in [2.24, 2.45) is 0 Å². The first-order chi connectivity index (χ1) is 7.92. The highest BCUT2D eigenvalue weighted by atomic mass is 79.9. The largest absolute Gasteiger partial charge is 0.446 e. The average Bonchev–Trinajstić information content (AvgIpc) is 2.56. The van der Waals surface area contributed by atoms with Crippen molar-refractivity contribution < 1.29 is 18.0 Å². The molecule has 0 aliphatic rings. The standard InChI is InChI=1S/C10H4BrF3OS2/c11-6-3-1-2-5-8(6)16-7(4-15)9(5)17-10(12,13)14/h1-4H. The maximum Gasteiger partial charge on any atom is 0.446 e. The van der Waals surface area contributed by atoms with E-state index in [4.69, 9.17) is 0 Å². The van der Waals surface area contributed by atoms with Gasteiger partial charge in [-0.15, -0.1) is 11.3 Å². The van der Waals surface area contributed by atoms with Crippen molar-refractivity contribution in [3.05, 3.63) is 27.5 Å². The zero-order chi connectivity index (χ0) is 12.6. The van der Waals surface area contributed by atoms with Gasteiger partial charge in [-0.1, -0.05) is 12.1 Å². The van der Waals surface area contributed by atoms with E-state index >= 15 is 0 Å². The van der Waals surface area contributed by atoms with Gasteiger partial charge in [-0.05, 0) is 33.8 Å². The van der Waals surface area contributed by atoms with E-state index in [0.717, 1.165) is 11.3 Å². The average molecular weight is 341 g/mol. The number of aldehydes is 1. The third kappa shape index (κ3) is 2.66. The van der Waals surface area contributed by atoms with Crippen molar-refractivity contribution in [2.75, 3.05) is 0 Å². The van der Waals surface area contributed by atoms with Crippen molar-refractivity contribution in [2.45, 2.75) is 10.4 Å². The van der Waals surface area contributed by atoms with E-state index in [9.17, 15) is 18.0 Å². The number of rotatable bonds is 2. The van der Waals surface area contributed by atoms with Crippen molar-refractivity contribution in [3.8, 4) is 0 Å². The number of carbonyl (C=O) groups is 1. The molecule has 0 amide bonds.